The van der Waals surface area contributed by atoms with Crippen molar-refractivity contribution in [3.63, 3.8) is 0 Å². The molecule has 1 aromatic rings. The molecule has 0 unspecified atom stereocenters. The van der Waals surface area contributed by atoms with Crippen LogP contribution in [0, 0.1) is 0 Å². The normalized spacial score (nSPS) is 11.5. The van der Waals surface area contributed by atoms with Gasteiger partial charge in [0.1, 0.15) is 6.54 Å². The average Bonchev–Trinajstić information content (AvgIpc) is 2.66. The Morgan fingerprint density at radius 2 is 2.19 bits per heavy atom. The fourth-order valence-electron chi connectivity index (χ4n) is 0.983. The van der Waals surface area contributed by atoms with Gasteiger partial charge in [-0.15, -0.1) is 10.2 Å². The lowest BCUT2D eigenvalue weighted by Gasteiger charge is -2.21. The van der Waals surface area contributed by atoms with Gasteiger partial charge < -0.3 is 10.0 Å². The second kappa shape index (κ2) is 4.88. The summed E-state index contributed by atoms with van der Waals surface area (Å²) >= 11 is 0. The number of halogens is 3. The van der Waals surface area contributed by atoms with Gasteiger partial charge in [-0.05, 0) is 5.21 Å². The molecular formula is C6H8F3N5O2. The number of aliphatic hydroxyl groups excluding tert-OH is 1. The van der Waals surface area contributed by atoms with Crippen molar-refractivity contribution in [2.75, 3.05) is 19.7 Å². The monoisotopic (exact) mass is 239 g/mol. The number of H-pyrrole nitrogens is 1. The number of carbonyl (C=O) groups excluding carboxylic acids is 1. The number of hydrogen-bond donors (Lipinski definition) is 2. The number of aliphatic hydroxyl groups is 1. The van der Waals surface area contributed by atoms with Gasteiger partial charge in [-0.25, -0.2) is 0 Å². The number of aromatic nitrogens is 4. The maximum Gasteiger partial charge on any atom is 0.406 e. The summed E-state index contributed by atoms with van der Waals surface area (Å²) in [5.41, 5.74) is 0. The van der Waals surface area contributed by atoms with Crippen molar-refractivity contribution in [1.29, 1.82) is 0 Å². The van der Waals surface area contributed by atoms with E-state index in [1.807, 2.05) is 5.21 Å². The molecule has 0 fully saturated rings. The third-order valence-electron chi connectivity index (χ3n) is 1.56. The second-order valence-electron chi connectivity index (χ2n) is 2.80. The number of tetrazole rings is 1. The van der Waals surface area contributed by atoms with E-state index < -0.39 is 37.6 Å². The van der Waals surface area contributed by atoms with Crippen molar-refractivity contribution in [1.82, 2.24) is 25.5 Å². The number of aromatic amines is 1. The SMILES string of the molecule is O=C(c1nn[nH]n1)N(CCO)CC(F)(F)F. The number of hydrogen-bond acceptors (Lipinski definition) is 5. The van der Waals surface area contributed by atoms with Gasteiger partial charge in [-0.1, -0.05) is 0 Å². The van der Waals surface area contributed by atoms with Crippen molar-refractivity contribution in [3.05, 3.63) is 5.82 Å². The lowest BCUT2D eigenvalue weighted by atomic mass is 10.4. The Bertz CT molecular complexity index is 338. The molecule has 0 spiro atoms. The molecule has 1 amide bonds. The molecule has 0 radical (unpaired) electrons. The standard InChI is InChI=1S/C6H8F3N5O2/c7-6(8,9)3-14(1-2-15)5(16)4-10-12-13-11-4/h15H,1-3H2,(H,10,11,12,13). The first-order chi connectivity index (χ1) is 7.44. The molecule has 10 heteroatoms. The molecule has 0 saturated carbocycles. The number of nitrogens with one attached hydrogen (secondary N) is 1. The van der Waals surface area contributed by atoms with E-state index in [9.17, 15) is 18.0 Å². The molecule has 0 atom stereocenters. The molecule has 1 rings (SSSR count). The first kappa shape index (κ1) is 12.4. The van der Waals surface area contributed by atoms with Crippen molar-refractivity contribution in [2.24, 2.45) is 0 Å². The van der Waals surface area contributed by atoms with Crippen LogP contribution in [0.15, 0.2) is 0 Å². The molecule has 7 nitrogen and oxygen atoms in total. The Balaban J connectivity index is 2.74. The van der Waals surface area contributed by atoms with Gasteiger partial charge in [0.15, 0.2) is 0 Å². The first-order valence-electron chi connectivity index (χ1n) is 4.14. The fourth-order valence-corrected chi connectivity index (χ4v) is 0.983. The molecule has 0 saturated heterocycles. The predicted molar refractivity (Wildman–Crippen MR) is 43.2 cm³/mol. The molecule has 0 aliphatic rings. The molecule has 2 N–H and O–H groups in total. The number of alkyl halides is 3. The van der Waals surface area contributed by atoms with E-state index in [-0.39, 0.29) is 0 Å². The second-order valence-corrected chi connectivity index (χ2v) is 2.80. The van der Waals surface area contributed by atoms with Crippen LogP contribution in [-0.4, -0.2) is 62.4 Å². The maximum atomic E-state index is 12.1. The van der Waals surface area contributed by atoms with Crippen molar-refractivity contribution >= 4 is 5.91 Å². The van der Waals surface area contributed by atoms with Crippen LogP contribution in [-0.2, 0) is 0 Å². The first-order valence-corrected chi connectivity index (χ1v) is 4.14. The summed E-state index contributed by atoms with van der Waals surface area (Å²) in [5.74, 6) is -1.52. The minimum absolute atomic E-state index is 0.394. The molecule has 90 valence electrons. The Morgan fingerprint density at radius 3 is 2.62 bits per heavy atom. The van der Waals surface area contributed by atoms with Crippen molar-refractivity contribution < 1.29 is 23.1 Å². The highest BCUT2D eigenvalue weighted by atomic mass is 19.4. The highest BCUT2D eigenvalue weighted by Crippen LogP contribution is 2.17. The molecule has 1 heterocycles. The van der Waals surface area contributed by atoms with Crippen LogP contribution in [0.2, 0.25) is 0 Å². The summed E-state index contributed by atoms with van der Waals surface area (Å²) in [7, 11) is 0. The van der Waals surface area contributed by atoms with E-state index in [1.54, 1.807) is 0 Å². The highest BCUT2D eigenvalue weighted by molar-refractivity contribution is 5.90. The summed E-state index contributed by atoms with van der Waals surface area (Å²) < 4.78 is 36.3. The Kier molecular flexibility index (Phi) is 3.77. The minimum Gasteiger partial charge on any atom is -0.395 e. The lowest BCUT2D eigenvalue weighted by Crippen LogP contribution is -2.41. The quantitative estimate of drug-likeness (QED) is 0.717. The van der Waals surface area contributed by atoms with Crippen LogP contribution in [0.3, 0.4) is 0 Å². The van der Waals surface area contributed by atoms with Crippen LogP contribution in [0.4, 0.5) is 13.2 Å². The van der Waals surface area contributed by atoms with E-state index in [2.05, 4.69) is 15.4 Å². The van der Waals surface area contributed by atoms with Gasteiger partial charge in [0.25, 0.3) is 11.7 Å². The molecule has 0 bridgehead atoms. The van der Waals surface area contributed by atoms with Gasteiger partial charge in [0, 0.05) is 6.54 Å². The van der Waals surface area contributed by atoms with Gasteiger partial charge in [0.2, 0.25) is 0 Å². The number of rotatable bonds is 4. The van der Waals surface area contributed by atoms with E-state index >= 15 is 0 Å². The summed E-state index contributed by atoms with van der Waals surface area (Å²) in [4.78, 5) is 11.8. The van der Waals surface area contributed by atoms with E-state index in [4.69, 9.17) is 5.11 Å². The largest absolute Gasteiger partial charge is 0.406 e. The van der Waals surface area contributed by atoms with E-state index in [1.165, 1.54) is 0 Å². The Hall–Kier alpha value is -1.71. The molecule has 0 aliphatic carbocycles. The minimum atomic E-state index is -4.55. The van der Waals surface area contributed by atoms with Crippen molar-refractivity contribution in [3.8, 4) is 0 Å². The number of nitrogens with zero attached hydrogens (tertiary/aromatic N) is 4. The Morgan fingerprint density at radius 1 is 1.50 bits per heavy atom. The smallest absolute Gasteiger partial charge is 0.395 e. The topological polar surface area (TPSA) is 95.0 Å². The van der Waals surface area contributed by atoms with Crippen LogP contribution in [0.25, 0.3) is 0 Å². The summed E-state index contributed by atoms with van der Waals surface area (Å²) in [6.45, 7) is -2.51. The summed E-state index contributed by atoms with van der Waals surface area (Å²) in [6, 6.07) is 0. The van der Waals surface area contributed by atoms with Gasteiger partial charge in [-0.3, -0.25) is 4.79 Å². The highest BCUT2D eigenvalue weighted by Gasteiger charge is 2.34. The Labute approximate surface area is 87.2 Å². The van der Waals surface area contributed by atoms with Gasteiger partial charge >= 0.3 is 6.18 Å². The predicted octanol–water partition coefficient (Wildman–Crippen LogP) is -0.804. The number of amides is 1. The van der Waals surface area contributed by atoms with Gasteiger partial charge in [0.05, 0.1) is 6.61 Å². The lowest BCUT2D eigenvalue weighted by molar-refractivity contribution is -0.141. The third-order valence-corrected chi connectivity index (χ3v) is 1.56. The van der Waals surface area contributed by atoms with E-state index in [0.29, 0.717) is 4.90 Å². The van der Waals surface area contributed by atoms with Crippen LogP contribution in [0.5, 0.6) is 0 Å². The molecule has 16 heavy (non-hydrogen) atoms. The van der Waals surface area contributed by atoms with Gasteiger partial charge in [-0.2, -0.15) is 18.4 Å². The zero-order valence-electron chi connectivity index (χ0n) is 7.90. The maximum absolute atomic E-state index is 12.1. The molecular weight excluding hydrogens is 231 g/mol. The zero-order chi connectivity index (χ0) is 12.2. The number of carbonyl (C=O) groups is 1. The molecule has 0 aromatic carbocycles. The van der Waals surface area contributed by atoms with Crippen molar-refractivity contribution in [2.45, 2.75) is 6.18 Å². The third kappa shape index (κ3) is 3.46. The molecule has 0 aliphatic heterocycles. The average molecular weight is 239 g/mol. The zero-order valence-corrected chi connectivity index (χ0v) is 7.90. The fraction of sp³-hybridized carbons (Fsp3) is 0.667. The van der Waals surface area contributed by atoms with Crippen LogP contribution >= 0.6 is 0 Å². The summed E-state index contributed by atoms with van der Waals surface area (Å²) in [5, 5.41) is 20.1. The molecule has 1 aromatic heterocycles. The van der Waals surface area contributed by atoms with E-state index in [0.717, 1.165) is 0 Å². The van der Waals surface area contributed by atoms with Crippen LogP contribution in [0.1, 0.15) is 10.6 Å². The summed E-state index contributed by atoms with van der Waals surface area (Å²) in [6.07, 6.45) is -4.55. The van der Waals surface area contributed by atoms with Crippen LogP contribution < -0.4 is 0 Å².